The number of hydrogen-bond acceptors (Lipinski definition) is 1. The summed E-state index contributed by atoms with van der Waals surface area (Å²) in [7, 11) is 1.71. The lowest BCUT2D eigenvalue weighted by Gasteiger charge is -2.31. The smallest absolute Gasteiger partial charge is 0.0462 e. The predicted octanol–water partition coefficient (Wildman–Crippen LogP) is 4.59. The fourth-order valence-corrected chi connectivity index (χ4v) is 3.44. The van der Waals surface area contributed by atoms with E-state index in [0.29, 0.717) is 11.8 Å². The van der Waals surface area contributed by atoms with Crippen molar-refractivity contribution in [2.45, 2.75) is 18.3 Å². The molecule has 0 heterocycles. The van der Waals surface area contributed by atoms with Crippen molar-refractivity contribution >= 4 is 39.1 Å². The molecule has 17 heavy (non-hydrogen) atoms. The minimum Gasteiger partial charge on any atom is -0.385 e. The van der Waals surface area contributed by atoms with Gasteiger partial charge in [0.05, 0.1) is 0 Å². The molecule has 0 N–H and O–H groups in total. The van der Waals surface area contributed by atoms with Crippen LogP contribution in [-0.4, -0.2) is 25.5 Å². The minimum absolute atomic E-state index is 0.179. The number of benzene rings is 1. The summed E-state index contributed by atoms with van der Waals surface area (Å²) in [5.41, 5.74) is 1.00. The molecule has 0 radical (unpaired) electrons. The Balaban J connectivity index is 2.94. The van der Waals surface area contributed by atoms with Crippen LogP contribution in [-0.2, 0) is 10.2 Å². The van der Waals surface area contributed by atoms with E-state index in [2.05, 4.69) is 22.0 Å². The van der Waals surface area contributed by atoms with Crippen molar-refractivity contribution in [3.05, 3.63) is 34.3 Å². The highest BCUT2D eigenvalue weighted by molar-refractivity contribution is 9.10. The first-order valence-corrected chi connectivity index (χ1v) is 7.42. The summed E-state index contributed by atoms with van der Waals surface area (Å²) in [6.45, 7) is 0.736. The van der Waals surface area contributed by atoms with Crippen molar-refractivity contribution in [2.24, 2.45) is 0 Å². The number of rotatable bonds is 7. The van der Waals surface area contributed by atoms with Gasteiger partial charge in [-0.1, -0.05) is 34.1 Å². The minimum atomic E-state index is -0.179. The molecule has 1 nitrogen and oxygen atoms in total. The van der Waals surface area contributed by atoms with Crippen LogP contribution < -0.4 is 0 Å². The van der Waals surface area contributed by atoms with Crippen molar-refractivity contribution in [1.82, 2.24) is 0 Å². The Morgan fingerprint density at radius 2 is 1.88 bits per heavy atom. The number of halogens is 3. The van der Waals surface area contributed by atoms with E-state index in [1.54, 1.807) is 7.11 Å². The molecular weight excluding hydrogens is 323 g/mol. The molecule has 0 saturated carbocycles. The first-order valence-electron chi connectivity index (χ1n) is 5.56. The third-order valence-electron chi connectivity index (χ3n) is 2.96. The zero-order valence-corrected chi connectivity index (χ0v) is 13.0. The molecule has 0 bridgehead atoms. The van der Waals surface area contributed by atoms with Gasteiger partial charge in [0, 0.05) is 35.4 Å². The Morgan fingerprint density at radius 1 is 1.24 bits per heavy atom. The second-order valence-corrected chi connectivity index (χ2v) is 5.51. The van der Waals surface area contributed by atoms with Gasteiger partial charge in [0.1, 0.15) is 0 Å². The summed E-state index contributed by atoms with van der Waals surface area (Å²) in [4.78, 5) is 0. The monoisotopic (exact) mass is 338 g/mol. The zero-order valence-electron chi connectivity index (χ0n) is 9.89. The molecule has 1 aromatic rings. The average molecular weight is 340 g/mol. The average Bonchev–Trinajstić information content (AvgIpc) is 2.36. The predicted molar refractivity (Wildman–Crippen MR) is 78.4 cm³/mol. The molecule has 1 rings (SSSR count). The maximum atomic E-state index is 6.16. The second kappa shape index (κ2) is 7.63. The van der Waals surface area contributed by atoms with Crippen molar-refractivity contribution in [3.63, 3.8) is 0 Å². The number of methoxy groups -OCH3 is 1. The Hall–Kier alpha value is 0.240. The van der Waals surface area contributed by atoms with Crippen LogP contribution in [0, 0.1) is 0 Å². The SMILES string of the molecule is COCCCC(CCl)(CCl)c1ccccc1Br. The second-order valence-electron chi connectivity index (χ2n) is 4.12. The summed E-state index contributed by atoms with van der Waals surface area (Å²) in [6, 6.07) is 8.13. The molecule has 0 saturated heterocycles. The lowest BCUT2D eigenvalue weighted by atomic mass is 9.80. The van der Waals surface area contributed by atoms with E-state index in [1.807, 2.05) is 18.2 Å². The summed E-state index contributed by atoms with van der Waals surface area (Å²) in [5.74, 6) is 1.03. The zero-order chi connectivity index (χ0) is 12.7. The van der Waals surface area contributed by atoms with E-state index in [-0.39, 0.29) is 5.41 Å². The fourth-order valence-electron chi connectivity index (χ4n) is 1.89. The summed E-state index contributed by atoms with van der Waals surface area (Å²) >= 11 is 15.9. The third-order valence-corrected chi connectivity index (χ3v) is 4.68. The maximum absolute atomic E-state index is 6.16. The lowest BCUT2D eigenvalue weighted by Crippen LogP contribution is -2.31. The molecule has 0 amide bonds. The first-order chi connectivity index (χ1) is 8.20. The molecule has 0 aromatic heterocycles. The van der Waals surface area contributed by atoms with Gasteiger partial charge in [-0.25, -0.2) is 0 Å². The molecule has 0 fully saturated rings. The Kier molecular flexibility index (Phi) is 6.86. The van der Waals surface area contributed by atoms with Crippen molar-refractivity contribution in [1.29, 1.82) is 0 Å². The maximum Gasteiger partial charge on any atom is 0.0462 e. The van der Waals surface area contributed by atoms with Crippen LogP contribution in [0.15, 0.2) is 28.7 Å². The van der Waals surface area contributed by atoms with Gasteiger partial charge in [0.25, 0.3) is 0 Å². The van der Waals surface area contributed by atoms with Gasteiger partial charge in [0.15, 0.2) is 0 Å². The van der Waals surface area contributed by atoms with Crippen LogP contribution in [0.2, 0.25) is 0 Å². The lowest BCUT2D eigenvalue weighted by molar-refractivity contribution is 0.186. The standard InChI is InChI=1S/C13H17BrCl2O/c1-17-8-4-7-13(9-15,10-16)11-5-2-3-6-12(11)14/h2-3,5-6H,4,7-10H2,1H3. The molecule has 0 aliphatic rings. The molecule has 0 unspecified atom stereocenters. The highest BCUT2D eigenvalue weighted by Gasteiger charge is 2.31. The van der Waals surface area contributed by atoms with E-state index >= 15 is 0 Å². The van der Waals surface area contributed by atoms with Crippen LogP contribution in [0.3, 0.4) is 0 Å². The van der Waals surface area contributed by atoms with E-state index in [9.17, 15) is 0 Å². The topological polar surface area (TPSA) is 9.23 Å². The fraction of sp³-hybridized carbons (Fsp3) is 0.538. The van der Waals surface area contributed by atoms with Crippen LogP contribution in [0.25, 0.3) is 0 Å². The highest BCUT2D eigenvalue weighted by Crippen LogP contribution is 2.36. The molecule has 96 valence electrons. The Morgan fingerprint density at radius 3 is 2.41 bits per heavy atom. The quantitative estimate of drug-likeness (QED) is 0.521. The summed E-state index contributed by atoms with van der Waals surface area (Å²) in [5, 5.41) is 0. The molecular formula is C13H17BrCl2O. The largest absolute Gasteiger partial charge is 0.385 e. The Labute approximate surface area is 122 Å². The van der Waals surface area contributed by atoms with Gasteiger partial charge < -0.3 is 4.74 Å². The number of ether oxygens (including phenoxy) is 1. The van der Waals surface area contributed by atoms with E-state index in [1.165, 1.54) is 5.56 Å². The van der Waals surface area contributed by atoms with Crippen LogP contribution in [0.1, 0.15) is 18.4 Å². The normalized spacial score (nSPS) is 11.8. The van der Waals surface area contributed by atoms with Crippen LogP contribution >= 0.6 is 39.1 Å². The number of hydrogen-bond donors (Lipinski definition) is 0. The van der Waals surface area contributed by atoms with Gasteiger partial charge in [-0.3, -0.25) is 0 Å². The van der Waals surface area contributed by atoms with Crippen molar-refractivity contribution in [3.8, 4) is 0 Å². The summed E-state index contributed by atoms with van der Waals surface area (Å²) in [6.07, 6.45) is 1.88. The van der Waals surface area contributed by atoms with E-state index in [0.717, 1.165) is 23.9 Å². The van der Waals surface area contributed by atoms with Crippen LogP contribution in [0.4, 0.5) is 0 Å². The van der Waals surface area contributed by atoms with E-state index < -0.39 is 0 Å². The van der Waals surface area contributed by atoms with E-state index in [4.69, 9.17) is 27.9 Å². The Bertz CT molecular complexity index is 340. The van der Waals surface area contributed by atoms with Gasteiger partial charge in [-0.15, -0.1) is 23.2 Å². The molecule has 4 heteroatoms. The van der Waals surface area contributed by atoms with Crippen molar-refractivity contribution < 1.29 is 4.74 Å². The number of alkyl halides is 2. The van der Waals surface area contributed by atoms with Gasteiger partial charge in [-0.05, 0) is 24.5 Å². The summed E-state index contributed by atoms with van der Waals surface area (Å²) < 4.78 is 6.16. The molecule has 1 aromatic carbocycles. The third kappa shape index (κ3) is 3.85. The first kappa shape index (κ1) is 15.3. The molecule has 0 aliphatic heterocycles. The van der Waals surface area contributed by atoms with Crippen LogP contribution in [0.5, 0.6) is 0 Å². The van der Waals surface area contributed by atoms with Crippen molar-refractivity contribution in [2.75, 3.05) is 25.5 Å². The van der Waals surface area contributed by atoms with Gasteiger partial charge in [0.2, 0.25) is 0 Å². The van der Waals surface area contributed by atoms with Gasteiger partial charge in [-0.2, -0.15) is 0 Å². The molecule has 0 atom stereocenters. The van der Waals surface area contributed by atoms with Gasteiger partial charge >= 0.3 is 0 Å². The molecule has 0 aliphatic carbocycles. The highest BCUT2D eigenvalue weighted by atomic mass is 79.9. The molecule has 0 spiro atoms.